The third-order valence-corrected chi connectivity index (χ3v) is 2.07. The van der Waals surface area contributed by atoms with Crippen LogP contribution in [-0.4, -0.2) is 5.11 Å². The third-order valence-electron chi connectivity index (χ3n) is 2.07. The predicted molar refractivity (Wildman–Crippen MR) is 50.8 cm³/mol. The van der Waals surface area contributed by atoms with Gasteiger partial charge in [-0.2, -0.15) is 0 Å². The Labute approximate surface area is 77.5 Å². The second-order valence-electron chi connectivity index (χ2n) is 2.99. The van der Waals surface area contributed by atoms with Crippen molar-refractivity contribution in [1.82, 2.24) is 0 Å². The van der Waals surface area contributed by atoms with Crippen molar-refractivity contribution >= 4 is 0 Å². The zero-order chi connectivity index (χ0) is 9.84. The Kier molecular flexibility index (Phi) is 3.20. The fraction of sp³-hybridized carbons (Fsp3) is 0.273. The smallest absolute Gasteiger partial charge is 0.123 e. The molecule has 1 N–H and O–H groups in total. The van der Waals surface area contributed by atoms with E-state index in [0.717, 1.165) is 11.1 Å². The van der Waals surface area contributed by atoms with E-state index in [1.54, 1.807) is 12.1 Å². The summed E-state index contributed by atoms with van der Waals surface area (Å²) in [5, 5.41) is 9.69. The number of hydrogen-bond donors (Lipinski definition) is 1. The minimum atomic E-state index is -0.620. The highest BCUT2D eigenvalue weighted by Gasteiger charge is 2.07. The highest BCUT2D eigenvalue weighted by atomic mass is 19.1. The first-order valence-corrected chi connectivity index (χ1v) is 4.21. The van der Waals surface area contributed by atoms with Crippen LogP contribution in [0.25, 0.3) is 0 Å². The summed E-state index contributed by atoms with van der Waals surface area (Å²) < 4.78 is 12.5. The molecule has 1 atom stereocenters. The number of benzene rings is 1. The van der Waals surface area contributed by atoms with Crippen molar-refractivity contribution in [1.29, 1.82) is 0 Å². The van der Waals surface area contributed by atoms with Crippen LogP contribution in [0.1, 0.15) is 25.5 Å². The van der Waals surface area contributed by atoms with Crippen LogP contribution >= 0.6 is 0 Å². The average molecular weight is 180 g/mol. The first-order chi connectivity index (χ1) is 6.15. The van der Waals surface area contributed by atoms with Gasteiger partial charge in [0.25, 0.3) is 0 Å². The second kappa shape index (κ2) is 4.19. The zero-order valence-corrected chi connectivity index (χ0v) is 7.79. The average Bonchev–Trinajstić information content (AvgIpc) is 2.17. The normalized spacial score (nSPS) is 14.3. The Balaban J connectivity index is 2.89. The maximum atomic E-state index is 12.5. The number of rotatable bonds is 2. The molecule has 1 unspecified atom stereocenters. The molecule has 1 nitrogen and oxygen atoms in total. The van der Waals surface area contributed by atoms with Crippen LogP contribution < -0.4 is 0 Å². The number of halogens is 1. The molecular weight excluding hydrogens is 167 g/mol. The van der Waals surface area contributed by atoms with Crippen LogP contribution in [0.5, 0.6) is 0 Å². The van der Waals surface area contributed by atoms with E-state index in [1.165, 1.54) is 12.1 Å². The molecule has 0 heterocycles. The van der Waals surface area contributed by atoms with Gasteiger partial charge in [0, 0.05) is 0 Å². The fourth-order valence-corrected chi connectivity index (χ4v) is 1.07. The van der Waals surface area contributed by atoms with Crippen LogP contribution in [-0.2, 0) is 0 Å². The van der Waals surface area contributed by atoms with E-state index >= 15 is 0 Å². The Bertz CT molecular complexity index is 300. The van der Waals surface area contributed by atoms with Crippen molar-refractivity contribution in [2.24, 2.45) is 0 Å². The van der Waals surface area contributed by atoms with Gasteiger partial charge >= 0.3 is 0 Å². The largest absolute Gasteiger partial charge is 0.384 e. The number of aliphatic hydroxyl groups is 1. The molecule has 0 saturated carbocycles. The van der Waals surface area contributed by atoms with Crippen molar-refractivity contribution in [2.45, 2.75) is 20.0 Å². The van der Waals surface area contributed by atoms with Crippen LogP contribution in [0.3, 0.4) is 0 Å². The van der Waals surface area contributed by atoms with Crippen molar-refractivity contribution in [3.8, 4) is 0 Å². The van der Waals surface area contributed by atoms with Gasteiger partial charge in [0.15, 0.2) is 0 Å². The number of hydrogen-bond acceptors (Lipinski definition) is 1. The second-order valence-corrected chi connectivity index (χ2v) is 2.99. The molecule has 0 amide bonds. The van der Waals surface area contributed by atoms with Crippen LogP contribution in [0.4, 0.5) is 4.39 Å². The molecule has 0 aliphatic rings. The summed E-state index contributed by atoms with van der Waals surface area (Å²) in [5.74, 6) is -0.283. The minimum Gasteiger partial charge on any atom is -0.384 e. The molecule has 70 valence electrons. The van der Waals surface area contributed by atoms with E-state index < -0.39 is 6.10 Å². The first-order valence-electron chi connectivity index (χ1n) is 4.21. The van der Waals surface area contributed by atoms with Gasteiger partial charge in [-0.15, -0.1) is 0 Å². The molecule has 0 aliphatic heterocycles. The van der Waals surface area contributed by atoms with Crippen LogP contribution in [0.15, 0.2) is 35.9 Å². The summed E-state index contributed by atoms with van der Waals surface area (Å²) >= 11 is 0. The van der Waals surface area contributed by atoms with Crippen molar-refractivity contribution in [3.05, 3.63) is 47.3 Å². The number of aliphatic hydroxyl groups excluding tert-OH is 1. The lowest BCUT2D eigenvalue weighted by atomic mass is 10.0. The molecule has 0 saturated heterocycles. The third kappa shape index (κ3) is 2.39. The van der Waals surface area contributed by atoms with E-state index in [9.17, 15) is 9.50 Å². The van der Waals surface area contributed by atoms with Crippen LogP contribution in [0, 0.1) is 5.82 Å². The highest BCUT2D eigenvalue weighted by Crippen LogP contribution is 2.20. The minimum absolute atomic E-state index is 0.283. The van der Waals surface area contributed by atoms with Gasteiger partial charge in [-0.05, 0) is 37.1 Å². The molecule has 1 aromatic carbocycles. The van der Waals surface area contributed by atoms with Gasteiger partial charge in [0.05, 0.1) is 6.10 Å². The molecule has 2 heteroatoms. The molecule has 0 aliphatic carbocycles. The lowest BCUT2D eigenvalue weighted by Gasteiger charge is -2.10. The molecule has 1 aromatic rings. The summed E-state index contributed by atoms with van der Waals surface area (Å²) in [4.78, 5) is 0. The molecular formula is C11H13FO. The molecule has 0 spiro atoms. The Hall–Kier alpha value is -1.15. The van der Waals surface area contributed by atoms with Gasteiger partial charge in [-0.1, -0.05) is 18.2 Å². The lowest BCUT2D eigenvalue weighted by Crippen LogP contribution is -1.98. The van der Waals surface area contributed by atoms with E-state index in [0.29, 0.717) is 0 Å². The molecule has 0 fully saturated rings. The van der Waals surface area contributed by atoms with E-state index in [-0.39, 0.29) is 5.82 Å². The van der Waals surface area contributed by atoms with Gasteiger partial charge in [0.1, 0.15) is 5.82 Å². The summed E-state index contributed by atoms with van der Waals surface area (Å²) in [7, 11) is 0. The first kappa shape index (κ1) is 9.93. The maximum absolute atomic E-state index is 12.5. The van der Waals surface area contributed by atoms with Gasteiger partial charge < -0.3 is 5.11 Å². The van der Waals surface area contributed by atoms with Gasteiger partial charge in [-0.3, -0.25) is 0 Å². The standard InChI is InChI=1S/C11H13FO/c1-3-8(2)11(13)9-4-6-10(12)7-5-9/h3-7,11,13H,1-2H3/b8-3-. The SMILES string of the molecule is C/C=C(/C)C(O)c1ccc(F)cc1. The van der Waals surface area contributed by atoms with Gasteiger partial charge in [-0.25, -0.2) is 4.39 Å². The zero-order valence-electron chi connectivity index (χ0n) is 7.79. The fourth-order valence-electron chi connectivity index (χ4n) is 1.07. The maximum Gasteiger partial charge on any atom is 0.123 e. The number of allylic oxidation sites excluding steroid dienone is 1. The van der Waals surface area contributed by atoms with Gasteiger partial charge in [0.2, 0.25) is 0 Å². The van der Waals surface area contributed by atoms with E-state index in [1.807, 2.05) is 19.9 Å². The predicted octanol–water partition coefficient (Wildman–Crippen LogP) is 2.83. The summed E-state index contributed by atoms with van der Waals surface area (Å²) in [6.07, 6.45) is 1.22. The molecule has 0 aromatic heterocycles. The van der Waals surface area contributed by atoms with E-state index in [4.69, 9.17) is 0 Å². The quantitative estimate of drug-likeness (QED) is 0.694. The Morgan fingerprint density at radius 2 is 1.92 bits per heavy atom. The Morgan fingerprint density at radius 3 is 2.38 bits per heavy atom. The summed E-state index contributed by atoms with van der Waals surface area (Å²) in [6, 6.07) is 5.88. The molecule has 1 rings (SSSR count). The molecule has 0 bridgehead atoms. The lowest BCUT2D eigenvalue weighted by molar-refractivity contribution is 0.215. The van der Waals surface area contributed by atoms with Crippen molar-refractivity contribution in [2.75, 3.05) is 0 Å². The van der Waals surface area contributed by atoms with Crippen molar-refractivity contribution < 1.29 is 9.50 Å². The van der Waals surface area contributed by atoms with Crippen molar-refractivity contribution in [3.63, 3.8) is 0 Å². The Morgan fingerprint density at radius 1 is 1.38 bits per heavy atom. The van der Waals surface area contributed by atoms with Crippen LogP contribution in [0.2, 0.25) is 0 Å². The highest BCUT2D eigenvalue weighted by molar-refractivity contribution is 5.25. The van der Waals surface area contributed by atoms with E-state index in [2.05, 4.69) is 0 Å². The molecule has 0 radical (unpaired) electrons. The molecule has 13 heavy (non-hydrogen) atoms. The summed E-state index contributed by atoms with van der Waals surface area (Å²) in [6.45, 7) is 3.70. The monoisotopic (exact) mass is 180 g/mol. The summed E-state index contributed by atoms with van der Waals surface area (Å²) in [5.41, 5.74) is 1.59. The topological polar surface area (TPSA) is 20.2 Å².